The molecule has 0 N–H and O–H groups in total. The monoisotopic (exact) mass is 239 g/mol. The van der Waals surface area contributed by atoms with Gasteiger partial charge in [-0.05, 0) is 23.3 Å². The summed E-state index contributed by atoms with van der Waals surface area (Å²) in [6.45, 7) is 0.716. The van der Waals surface area contributed by atoms with Crippen LogP contribution in [0.4, 0.5) is 0 Å². The highest BCUT2D eigenvalue weighted by atomic mass is 35.5. The molecule has 1 atom stereocenters. The van der Waals surface area contributed by atoms with Gasteiger partial charge in [-0.25, -0.2) is 0 Å². The van der Waals surface area contributed by atoms with Crippen molar-refractivity contribution in [3.8, 4) is 5.75 Å². The van der Waals surface area contributed by atoms with Crippen molar-refractivity contribution in [1.29, 1.82) is 0 Å². The summed E-state index contributed by atoms with van der Waals surface area (Å²) in [4.78, 5) is 13.2. The quantitative estimate of drug-likeness (QED) is 0.739. The lowest BCUT2D eigenvalue weighted by molar-refractivity contribution is -0.128. The Bertz CT molecular complexity index is 417. The summed E-state index contributed by atoms with van der Waals surface area (Å²) in [7, 11) is 3.41. The van der Waals surface area contributed by atoms with E-state index in [1.165, 1.54) is 4.90 Å². The molecule has 0 radical (unpaired) electrons. The number of rotatable bonds is 2. The molecule has 3 nitrogen and oxygen atoms in total. The first-order valence-electron chi connectivity index (χ1n) is 5.20. The van der Waals surface area contributed by atoms with Gasteiger partial charge in [-0.2, -0.15) is 0 Å². The lowest BCUT2D eigenvalue weighted by Crippen LogP contribution is -2.25. The Hall–Kier alpha value is -1.22. The van der Waals surface area contributed by atoms with E-state index in [0.717, 1.165) is 23.3 Å². The van der Waals surface area contributed by atoms with Gasteiger partial charge in [0, 0.05) is 20.5 Å². The molecule has 2 rings (SSSR count). The Morgan fingerprint density at radius 1 is 1.50 bits per heavy atom. The van der Waals surface area contributed by atoms with Crippen molar-refractivity contribution in [3.05, 3.63) is 29.3 Å². The number of halogens is 1. The lowest BCUT2D eigenvalue weighted by Gasteiger charge is -2.15. The van der Waals surface area contributed by atoms with E-state index in [-0.39, 0.29) is 5.91 Å². The smallest absolute Gasteiger partial charge is 0.244 e. The molecule has 0 bridgehead atoms. The summed E-state index contributed by atoms with van der Waals surface area (Å²) in [6.07, 6.45) is 0.892. The van der Waals surface area contributed by atoms with Crippen molar-refractivity contribution >= 4 is 17.5 Å². The first kappa shape index (κ1) is 11.3. The second-order valence-corrected chi connectivity index (χ2v) is 4.50. The Morgan fingerprint density at radius 2 is 2.25 bits per heavy atom. The van der Waals surface area contributed by atoms with Gasteiger partial charge in [-0.3, -0.25) is 4.79 Å². The number of carbonyl (C=O) groups excluding carboxylic acids is 1. The molecule has 0 saturated carbocycles. The minimum atomic E-state index is -0.610. The number of benzene rings is 1. The highest BCUT2D eigenvalue weighted by Gasteiger charge is 2.21. The first-order valence-corrected chi connectivity index (χ1v) is 5.64. The molecule has 1 aromatic carbocycles. The van der Waals surface area contributed by atoms with E-state index < -0.39 is 5.38 Å². The van der Waals surface area contributed by atoms with E-state index in [4.69, 9.17) is 16.3 Å². The predicted molar refractivity (Wildman–Crippen MR) is 62.9 cm³/mol. The maximum atomic E-state index is 11.7. The third-order valence-corrected chi connectivity index (χ3v) is 3.10. The van der Waals surface area contributed by atoms with E-state index in [0.29, 0.717) is 6.61 Å². The number of carbonyl (C=O) groups is 1. The molecule has 0 aromatic heterocycles. The van der Waals surface area contributed by atoms with Crippen LogP contribution >= 0.6 is 11.6 Å². The Kier molecular flexibility index (Phi) is 3.06. The van der Waals surface area contributed by atoms with Crippen molar-refractivity contribution in [2.24, 2.45) is 0 Å². The molecule has 1 unspecified atom stereocenters. The van der Waals surface area contributed by atoms with Crippen LogP contribution < -0.4 is 4.74 Å². The van der Waals surface area contributed by atoms with Gasteiger partial charge in [-0.1, -0.05) is 6.07 Å². The molecule has 1 aliphatic rings. The van der Waals surface area contributed by atoms with Crippen molar-refractivity contribution in [3.63, 3.8) is 0 Å². The second kappa shape index (κ2) is 4.34. The zero-order valence-corrected chi connectivity index (χ0v) is 10.1. The zero-order chi connectivity index (χ0) is 11.7. The molecule has 1 aliphatic heterocycles. The molecular weight excluding hydrogens is 226 g/mol. The molecule has 0 aliphatic carbocycles. The number of hydrogen-bond acceptors (Lipinski definition) is 2. The number of ether oxygens (including phenoxy) is 1. The van der Waals surface area contributed by atoms with Crippen molar-refractivity contribution in [2.75, 3.05) is 20.7 Å². The third-order valence-electron chi connectivity index (χ3n) is 2.66. The van der Waals surface area contributed by atoms with Crippen LogP contribution in [0.2, 0.25) is 0 Å². The largest absolute Gasteiger partial charge is 0.493 e. The first-order chi connectivity index (χ1) is 7.59. The van der Waals surface area contributed by atoms with Crippen molar-refractivity contribution in [1.82, 2.24) is 4.90 Å². The fourth-order valence-corrected chi connectivity index (χ4v) is 2.06. The molecule has 0 saturated heterocycles. The number of fused-ring (bicyclic) bond motifs is 1. The van der Waals surface area contributed by atoms with Crippen LogP contribution in [0.1, 0.15) is 16.5 Å². The average Bonchev–Trinajstić information content (AvgIpc) is 2.73. The van der Waals surface area contributed by atoms with E-state index >= 15 is 0 Å². The summed E-state index contributed by atoms with van der Waals surface area (Å²) in [5.41, 5.74) is 1.97. The summed E-state index contributed by atoms with van der Waals surface area (Å²) in [5, 5.41) is -0.610. The molecule has 1 aromatic rings. The second-order valence-electron chi connectivity index (χ2n) is 4.06. The van der Waals surface area contributed by atoms with Crippen molar-refractivity contribution < 1.29 is 9.53 Å². The Labute approximate surface area is 100.0 Å². The average molecular weight is 240 g/mol. The number of amides is 1. The van der Waals surface area contributed by atoms with Crippen LogP contribution in [0.5, 0.6) is 5.75 Å². The highest BCUT2D eigenvalue weighted by Crippen LogP contribution is 2.30. The summed E-state index contributed by atoms with van der Waals surface area (Å²) >= 11 is 6.12. The number of alkyl halides is 1. The van der Waals surface area contributed by atoms with Crippen LogP contribution in [0.15, 0.2) is 18.2 Å². The molecule has 1 heterocycles. The maximum Gasteiger partial charge on any atom is 0.244 e. The molecule has 0 fully saturated rings. The van der Waals surface area contributed by atoms with Crippen molar-refractivity contribution in [2.45, 2.75) is 11.8 Å². The molecular formula is C12H14ClNO2. The summed E-state index contributed by atoms with van der Waals surface area (Å²) in [6, 6.07) is 5.70. The van der Waals surface area contributed by atoms with Gasteiger partial charge in [0.15, 0.2) is 0 Å². The Morgan fingerprint density at radius 3 is 2.94 bits per heavy atom. The normalized spacial score (nSPS) is 15.2. The molecule has 0 spiro atoms. The van der Waals surface area contributed by atoms with Gasteiger partial charge in [0.1, 0.15) is 11.1 Å². The molecule has 4 heteroatoms. The Balaban J connectivity index is 2.24. The van der Waals surface area contributed by atoms with Crippen LogP contribution in [-0.4, -0.2) is 31.5 Å². The number of hydrogen-bond donors (Lipinski definition) is 0. The zero-order valence-electron chi connectivity index (χ0n) is 9.37. The van der Waals surface area contributed by atoms with Crippen LogP contribution in [-0.2, 0) is 11.2 Å². The van der Waals surface area contributed by atoms with E-state index in [1.54, 1.807) is 14.1 Å². The lowest BCUT2D eigenvalue weighted by atomic mass is 10.1. The van der Waals surface area contributed by atoms with Gasteiger partial charge in [0.05, 0.1) is 6.61 Å². The summed E-state index contributed by atoms with van der Waals surface area (Å²) in [5.74, 6) is 0.811. The van der Waals surface area contributed by atoms with Gasteiger partial charge >= 0.3 is 0 Å². The number of nitrogens with zero attached hydrogens (tertiary/aromatic N) is 1. The predicted octanol–water partition coefficient (Wildman–Crippen LogP) is 1.99. The van der Waals surface area contributed by atoms with Gasteiger partial charge in [0.2, 0.25) is 5.91 Å². The van der Waals surface area contributed by atoms with E-state index in [1.807, 2.05) is 18.2 Å². The summed E-state index contributed by atoms with van der Waals surface area (Å²) < 4.78 is 5.40. The SMILES string of the molecule is CN(C)C(=O)C(Cl)c1ccc2c(c1)CCO2. The number of likely N-dealkylation sites (N-methyl/N-ethyl adjacent to an activating group) is 1. The standard InChI is InChI=1S/C12H14ClNO2/c1-14(2)12(15)11(13)9-3-4-10-8(7-9)5-6-16-10/h3-4,7,11H,5-6H2,1-2H3. The maximum absolute atomic E-state index is 11.7. The van der Waals surface area contributed by atoms with Crippen LogP contribution in [0.25, 0.3) is 0 Å². The molecule has 16 heavy (non-hydrogen) atoms. The van der Waals surface area contributed by atoms with Gasteiger partial charge in [0.25, 0.3) is 0 Å². The van der Waals surface area contributed by atoms with Crippen LogP contribution in [0.3, 0.4) is 0 Å². The van der Waals surface area contributed by atoms with E-state index in [2.05, 4.69) is 0 Å². The molecule has 1 amide bonds. The third kappa shape index (κ3) is 2.00. The van der Waals surface area contributed by atoms with E-state index in [9.17, 15) is 4.79 Å². The van der Waals surface area contributed by atoms with Gasteiger partial charge in [-0.15, -0.1) is 11.6 Å². The minimum absolute atomic E-state index is 0.0967. The fraction of sp³-hybridized carbons (Fsp3) is 0.417. The van der Waals surface area contributed by atoms with Gasteiger partial charge < -0.3 is 9.64 Å². The fourth-order valence-electron chi connectivity index (χ4n) is 1.73. The molecule has 86 valence electrons. The van der Waals surface area contributed by atoms with Crippen LogP contribution in [0, 0.1) is 0 Å². The topological polar surface area (TPSA) is 29.5 Å². The minimum Gasteiger partial charge on any atom is -0.493 e. The highest BCUT2D eigenvalue weighted by molar-refractivity contribution is 6.30.